The molecule has 6 nitrogen and oxygen atoms in total. The number of ether oxygens (including phenoxy) is 2. The maximum atomic E-state index is 13.1. The number of nitrogens with zero attached hydrogens (tertiary/aromatic N) is 1. The fraction of sp³-hybridized carbons (Fsp3) is 0.231. The van der Waals surface area contributed by atoms with E-state index in [0.29, 0.717) is 24.1 Å². The van der Waals surface area contributed by atoms with Gasteiger partial charge in [-0.15, -0.1) is 0 Å². The van der Waals surface area contributed by atoms with Crippen molar-refractivity contribution in [2.75, 3.05) is 14.2 Å². The van der Waals surface area contributed by atoms with Crippen LogP contribution in [0.5, 0.6) is 11.5 Å². The maximum absolute atomic E-state index is 13.1. The molecule has 162 valence electrons. The minimum absolute atomic E-state index is 0.00678. The van der Waals surface area contributed by atoms with Crippen molar-refractivity contribution in [3.05, 3.63) is 94.5 Å². The van der Waals surface area contributed by atoms with Crippen LogP contribution in [0.4, 0.5) is 0 Å². The molecule has 2 unspecified atom stereocenters. The van der Waals surface area contributed by atoms with Crippen LogP contribution in [0.1, 0.15) is 55.9 Å². The first-order valence-corrected chi connectivity index (χ1v) is 10.6. The summed E-state index contributed by atoms with van der Waals surface area (Å²) in [4.78, 5) is 27.6. The van der Waals surface area contributed by atoms with Crippen molar-refractivity contribution >= 4 is 11.8 Å². The second-order valence-electron chi connectivity index (χ2n) is 8.02. The van der Waals surface area contributed by atoms with Crippen LogP contribution in [-0.2, 0) is 6.54 Å². The molecule has 32 heavy (non-hydrogen) atoms. The van der Waals surface area contributed by atoms with Crippen molar-refractivity contribution in [1.82, 2.24) is 10.2 Å². The van der Waals surface area contributed by atoms with Gasteiger partial charge in [-0.25, -0.2) is 0 Å². The molecule has 2 amide bonds. The van der Waals surface area contributed by atoms with Crippen LogP contribution in [0.2, 0.25) is 0 Å². The Morgan fingerprint density at radius 3 is 2.19 bits per heavy atom. The Kier molecular flexibility index (Phi) is 5.15. The molecule has 3 aromatic carbocycles. The molecule has 2 atom stereocenters. The molecule has 0 saturated heterocycles. The van der Waals surface area contributed by atoms with Gasteiger partial charge in [0.15, 0.2) is 0 Å². The predicted molar refractivity (Wildman–Crippen MR) is 120 cm³/mol. The highest BCUT2D eigenvalue weighted by Gasteiger charge is 2.44. The summed E-state index contributed by atoms with van der Waals surface area (Å²) < 4.78 is 10.8. The molecule has 0 saturated carbocycles. The zero-order chi connectivity index (χ0) is 22.2. The third kappa shape index (κ3) is 3.24. The Morgan fingerprint density at radius 1 is 0.875 bits per heavy atom. The van der Waals surface area contributed by atoms with E-state index in [9.17, 15) is 9.59 Å². The summed E-state index contributed by atoms with van der Waals surface area (Å²) in [5, 5.41) is 3.60. The average Bonchev–Trinajstić information content (AvgIpc) is 3.32. The van der Waals surface area contributed by atoms with Gasteiger partial charge < -0.3 is 14.8 Å². The summed E-state index contributed by atoms with van der Waals surface area (Å²) in [7, 11) is 3.27. The Balaban J connectivity index is 1.40. The molecule has 2 aliphatic rings. The van der Waals surface area contributed by atoms with Crippen molar-refractivity contribution in [3.8, 4) is 11.5 Å². The van der Waals surface area contributed by atoms with E-state index in [0.717, 1.165) is 28.2 Å². The minimum Gasteiger partial charge on any atom is -0.497 e. The molecule has 1 aliphatic carbocycles. The summed E-state index contributed by atoms with van der Waals surface area (Å²) in [5.74, 6) is 1.05. The lowest BCUT2D eigenvalue weighted by atomic mass is 10.1. The minimum atomic E-state index is -0.297. The van der Waals surface area contributed by atoms with Crippen LogP contribution in [-0.4, -0.2) is 30.9 Å². The van der Waals surface area contributed by atoms with Gasteiger partial charge in [-0.2, -0.15) is 0 Å². The third-order valence-electron chi connectivity index (χ3n) is 6.36. The van der Waals surface area contributed by atoms with Crippen molar-refractivity contribution < 1.29 is 19.1 Å². The smallest absolute Gasteiger partial charge is 0.262 e. The molecule has 0 aromatic heterocycles. The molecule has 0 radical (unpaired) electrons. The number of fused-ring (bicyclic) bond motifs is 2. The van der Waals surface area contributed by atoms with E-state index >= 15 is 0 Å². The highest BCUT2D eigenvalue weighted by atomic mass is 16.5. The largest absolute Gasteiger partial charge is 0.497 e. The van der Waals surface area contributed by atoms with Crippen LogP contribution in [0, 0.1) is 0 Å². The first kappa shape index (κ1) is 20.3. The molecule has 6 heteroatoms. The van der Waals surface area contributed by atoms with Gasteiger partial charge in [-0.1, -0.05) is 42.5 Å². The number of hydrogen-bond donors (Lipinski definition) is 1. The molecule has 0 fully saturated rings. The van der Waals surface area contributed by atoms with E-state index in [1.165, 1.54) is 4.90 Å². The first-order valence-electron chi connectivity index (χ1n) is 10.6. The van der Waals surface area contributed by atoms with E-state index < -0.39 is 0 Å². The Labute approximate surface area is 186 Å². The standard InChI is InChI=1S/C26H24N2O4/c1-31-17-12-11-16(24(13-17)32-2)15-27-22-14-23(19-8-4-3-7-18(19)22)28-25(29)20-9-5-6-10-21(20)26(28)30/h3-13,22-23,27H,14-15H2,1-2H3. The summed E-state index contributed by atoms with van der Waals surface area (Å²) in [6.45, 7) is 0.584. The molecule has 3 aromatic rings. The van der Waals surface area contributed by atoms with E-state index in [1.54, 1.807) is 38.5 Å². The Morgan fingerprint density at radius 2 is 1.53 bits per heavy atom. The zero-order valence-corrected chi connectivity index (χ0v) is 18.0. The molecule has 0 bridgehead atoms. The van der Waals surface area contributed by atoms with Gasteiger partial charge in [0.1, 0.15) is 11.5 Å². The van der Waals surface area contributed by atoms with Gasteiger partial charge in [-0.3, -0.25) is 14.5 Å². The second kappa shape index (κ2) is 8.13. The van der Waals surface area contributed by atoms with Crippen LogP contribution in [0.3, 0.4) is 0 Å². The Hall–Kier alpha value is -3.64. The molecule has 1 aliphatic heterocycles. The number of carbonyl (C=O) groups is 2. The van der Waals surface area contributed by atoms with Gasteiger partial charge in [0, 0.05) is 24.2 Å². The highest BCUT2D eigenvalue weighted by molar-refractivity contribution is 6.21. The second-order valence-corrected chi connectivity index (χ2v) is 8.02. The summed E-state index contributed by atoms with van der Waals surface area (Å²) >= 11 is 0. The van der Waals surface area contributed by atoms with Gasteiger partial charge >= 0.3 is 0 Å². The van der Waals surface area contributed by atoms with Crippen LogP contribution in [0.15, 0.2) is 66.7 Å². The summed E-state index contributed by atoms with van der Waals surface area (Å²) in [6, 6.07) is 20.5. The zero-order valence-electron chi connectivity index (χ0n) is 18.0. The summed E-state index contributed by atoms with van der Waals surface area (Å²) in [5.41, 5.74) is 4.10. The van der Waals surface area contributed by atoms with Crippen LogP contribution < -0.4 is 14.8 Å². The highest BCUT2D eigenvalue weighted by Crippen LogP contribution is 2.45. The number of methoxy groups -OCH3 is 2. The number of nitrogens with one attached hydrogen (secondary N) is 1. The summed E-state index contributed by atoms with van der Waals surface area (Å²) in [6.07, 6.45) is 0.628. The molecule has 0 spiro atoms. The molecule has 1 heterocycles. The fourth-order valence-electron chi connectivity index (χ4n) is 4.77. The van der Waals surface area contributed by atoms with Gasteiger partial charge in [0.05, 0.1) is 31.4 Å². The van der Waals surface area contributed by atoms with Crippen LogP contribution in [0.25, 0.3) is 0 Å². The fourth-order valence-corrected chi connectivity index (χ4v) is 4.77. The van der Waals surface area contributed by atoms with Gasteiger partial charge in [0.25, 0.3) is 11.8 Å². The predicted octanol–water partition coefficient (Wildman–Crippen LogP) is 4.28. The normalized spacial score (nSPS) is 19.1. The Bertz CT molecular complexity index is 1170. The van der Waals surface area contributed by atoms with E-state index in [-0.39, 0.29) is 23.9 Å². The SMILES string of the molecule is COc1ccc(CNC2CC(N3C(=O)c4ccccc4C3=O)c3ccccc32)c(OC)c1. The topological polar surface area (TPSA) is 67.9 Å². The first-order chi connectivity index (χ1) is 15.6. The quantitative estimate of drug-likeness (QED) is 0.594. The van der Waals surface area contributed by atoms with Crippen molar-refractivity contribution in [3.63, 3.8) is 0 Å². The molecular weight excluding hydrogens is 404 g/mol. The van der Waals surface area contributed by atoms with Gasteiger partial charge in [-0.05, 0) is 35.7 Å². The molecule has 1 N–H and O–H groups in total. The van der Waals surface area contributed by atoms with Crippen molar-refractivity contribution in [2.45, 2.75) is 25.0 Å². The number of hydrogen-bond acceptors (Lipinski definition) is 5. The number of carbonyl (C=O) groups excluding carboxylic acids is 2. The number of amides is 2. The van der Waals surface area contributed by atoms with Crippen molar-refractivity contribution in [2.24, 2.45) is 0 Å². The monoisotopic (exact) mass is 428 g/mol. The van der Waals surface area contributed by atoms with Crippen molar-refractivity contribution in [1.29, 1.82) is 0 Å². The van der Waals surface area contributed by atoms with Gasteiger partial charge in [0.2, 0.25) is 0 Å². The lowest BCUT2D eigenvalue weighted by Crippen LogP contribution is -2.33. The number of benzene rings is 3. The molecular formula is C26H24N2O4. The van der Waals surface area contributed by atoms with E-state index in [4.69, 9.17) is 9.47 Å². The lowest BCUT2D eigenvalue weighted by Gasteiger charge is -2.23. The number of rotatable bonds is 6. The van der Waals surface area contributed by atoms with E-state index in [1.807, 2.05) is 36.4 Å². The molecule has 5 rings (SSSR count). The third-order valence-corrected chi connectivity index (χ3v) is 6.36. The number of imide groups is 1. The lowest BCUT2D eigenvalue weighted by molar-refractivity contribution is 0.0576. The average molecular weight is 428 g/mol. The maximum Gasteiger partial charge on any atom is 0.262 e. The van der Waals surface area contributed by atoms with Crippen LogP contribution >= 0.6 is 0 Å². The van der Waals surface area contributed by atoms with E-state index in [2.05, 4.69) is 11.4 Å².